The molecule has 0 unspecified atom stereocenters. The quantitative estimate of drug-likeness (QED) is 0.734. The summed E-state index contributed by atoms with van der Waals surface area (Å²) in [6.07, 6.45) is 0.776. The fraction of sp³-hybridized carbons (Fsp3) is 0.158. The zero-order valence-electron chi connectivity index (χ0n) is 13.6. The van der Waals surface area contributed by atoms with Gasteiger partial charge in [0.05, 0.1) is 17.8 Å². The number of halogens is 2. The molecule has 1 heterocycles. The van der Waals surface area contributed by atoms with Gasteiger partial charge in [-0.25, -0.2) is 8.78 Å². The van der Waals surface area contributed by atoms with Crippen molar-refractivity contribution >= 4 is 11.6 Å². The van der Waals surface area contributed by atoms with Crippen molar-refractivity contribution in [2.75, 3.05) is 5.32 Å². The lowest BCUT2D eigenvalue weighted by Crippen LogP contribution is -2.15. The molecule has 25 heavy (non-hydrogen) atoms. The number of aromatic nitrogens is 2. The molecule has 0 bridgehead atoms. The number of benzene rings is 2. The molecule has 2 aromatic carbocycles. The maximum atomic E-state index is 13.1. The summed E-state index contributed by atoms with van der Waals surface area (Å²) in [5.41, 5.74) is 3.34. The first-order valence-corrected chi connectivity index (χ1v) is 7.94. The molecule has 1 amide bonds. The van der Waals surface area contributed by atoms with Crippen molar-refractivity contribution in [3.63, 3.8) is 0 Å². The van der Waals surface area contributed by atoms with E-state index >= 15 is 0 Å². The van der Waals surface area contributed by atoms with E-state index in [1.54, 1.807) is 24.3 Å². The fourth-order valence-electron chi connectivity index (χ4n) is 2.56. The van der Waals surface area contributed by atoms with Gasteiger partial charge in [-0.15, -0.1) is 0 Å². The van der Waals surface area contributed by atoms with Gasteiger partial charge in [0.2, 0.25) is 5.91 Å². The van der Waals surface area contributed by atoms with Gasteiger partial charge in [0, 0.05) is 5.56 Å². The second-order valence-corrected chi connectivity index (χ2v) is 5.64. The van der Waals surface area contributed by atoms with Crippen LogP contribution < -0.4 is 5.32 Å². The lowest BCUT2D eigenvalue weighted by atomic mass is 10.1. The van der Waals surface area contributed by atoms with Gasteiger partial charge in [0.25, 0.3) is 0 Å². The van der Waals surface area contributed by atoms with Crippen molar-refractivity contribution in [1.29, 1.82) is 0 Å². The van der Waals surface area contributed by atoms with Gasteiger partial charge in [-0.3, -0.25) is 9.89 Å². The Morgan fingerprint density at radius 1 is 1.04 bits per heavy atom. The number of hydrogen-bond donors (Lipinski definition) is 2. The molecule has 0 radical (unpaired) electrons. The molecule has 128 valence electrons. The van der Waals surface area contributed by atoms with Gasteiger partial charge in [0.1, 0.15) is 17.3 Å². The molecule has 1 aromatic heterocycles. The molecule has 3 rings (SSSR count). The van der Waals surface area contributed by atoms with Crippen molar-refractivity contribution in [2.24, 2.45) is 0 Å². The Morgan fingerprint density at radius 2 is 1.64 bits per heavy atom. The lowest BCUT2D eigenvalue weighted by molar-refractivity contribution is -0.115. The first-order valence-electron chi connectivity index (χ1n) is 7.94. The summed E-state index contributed by atoms with van der Waals surface area (Å²) in [6.45, 7) is 1.94. The maximum absolute atomic E-state index is 13.1. The monoisotopic (exact) mass is 341 g/mol. The Balaban J connectivity index is 1.83. The van der Waals surface area contributed by atoms with E-state index in [4.69, 9.17) is 0 Å². The maximum Gasteiger partial charge on any atom is 0.228 e. The Hall–Kier alpha value is -3.02. The number of nitrogens with zero attached hydrogens (tertiary/aromatic N) is 1. The summed E-state index contributed by atoms with van der Waals surface area (Å²) in [5, 5.41) is 10.0. The highest BCUT2D eigenvalue weighted by Gasteiger charge is 2.16. The van der Waals surface area contributed by atoms with Crippen LogP contribution in [0.25, 0.3) is 11.3 Å². The Labute approximate surface area is 143 Å². The summed E-state index contributed by atoms with van der Waals surface area (Å²) in [5.74, 6) is -0.908. The number of amides is 1. The summed E-state index contributed by atoms with van der Waals surface area (Å²) in [7, 11) is 0. The highest BCUT2D eigenvalue weighted by molar-refractivity contribution is 5.96. The molecule has 2 N–H and O–H groups in total. The largest absolute Gasteiger partial charge is 0.322 e. The number of carbonyl (C=O) groups is 1. The van der Waals surface area contributed by atoms with Crippen LogP contribution in [0.15, 0.2) is 48.5 Å². The molecular formula is C19H17F2N3O. The van der Waals surface area contributed by atoms with Crippen molar-refractivity contribution < 1.29 is 13.6 Å². The highest BCUT2D eigenvalue weighted by Crippen LogP contribution is 2.29. The van der Waals surface area contributed by atoms with E-state index in [0.717, 1.165) is 5.69 Å². The average molecular weight is 341 g/mol. The van der Waals surface area contributed by atoms with E-state index in [-0.39, 0.29) is 24.0 Å². The summed E-state index contributed by atoms with van der Waals surface area (Å²) in [6, 6.07) is 11.7. The molecule has 0 saturated carbocycles. The zero-order valence-corrected chi connectivity index (χ0v) is 13.6. The van der Waals surface area contributed by atoms with E-state index in [1.165, 1.54) is 24.3 Å². The minimum absolute atomic E-state index is 0.122. The average Bonchev–Trinajstić information content (AvgIpc) is 3.00. The molecule has 4 nitrogen and oxygen atoms in total. The van der Waals surface area contributed by atoms with Gasteiger partial charge in [-0.05, 0) is 48.4 Å². The first-order chi connectivity index (χ1) is 12.1. The van der Waals surface area contributed by atoms with Crippen LogP contribution in [-0.2, 0) is 17.6 Å². The van der Waals surface area contributed by atoms with Gasteiger partial charge < -0.3 is 5.32 Å². The predicted molar refractivity (Wildman–Crippen MR) is 92.1 cm³/mol. The Morgan fingerprint density at radius 3 is 2.24 bits per heavy atom. The van der Waals surface area contributed by atoms with Crippen LogP contribution in [0.2, 0.25) is 0 Å². The summed E-state index contributed by atoms with van der Waals surface area (Å²) in [4.78, 5) is 12.4. The lowest BCUT2D eigenvalue weighted by Gasteiger charge is -2.08. The van der Waals surface area contributed by atoms with Crippen molar-refractivity contribution in [2.45, 2.75) is 19.8 Å². The second-order valence-electron chi connectivity index (χ2n) is 5.64. The van der Waals surface area contributed by atoms with Crippen LogP contribution in [0, 0.1) is 11.6 Å². The van der Waals surface area contributed by atoms with Gasteiger partial charge in [0.15, 0.2) is 0 Å². The molecule has 6 heteroatoms. The molecule has 0 aliphatic heterocycles. The number of aromatic amines is 1. The SMILES string of the molecule is CCc1[nH]nc(-c2ccc(F)cc2)c1NC(=O)Cc1ccc(F)cc1. The number of rotatable bonds is 5. The van der Waals surface area contributed by atoms with Crippen molar-refractivity contribution in [3.8, 4) is 11.3 Å². The topological polar surface area (TPSA) is 57.8 Å². The van der Waals surface area contributed by atoms with Crippen LogP contribution in [-0.4, -0.2) is 16.1 Å². The van der Waals surface area contributed by atoms with Crippen molar-refractivity contribution in [1.82, 2.24) is 10.2 Å². The second kappa shape index (κ2) is 7.25. The molecule has 0 atom stereocenters. The van der Waals surface area contributed by atoms with Crippen LogP contribution >= 0.6 is 0 Å². The minimum atomic E-state index is -0.342. The summed E-state index contributed by atoms with van der Waals surface area (Å²) < 4.78 is 26.1. The van der Waals surface area contributed by atoms with Crippen LogP contribution in [0.1, 0.15) is 18.2 Å². The predicted octanol–water partition coefficient (Wildman–Crippen LogP) is 4.10. The number of H-pyrrole nitrogens is 1. The number of carbonyl (C=O) groups excluding carboxylic acids is 1. The number of anilines is 1. The van der Waals surface area contributed by atoms with E-state index in [1.807, 2.05) is 6.92 Å². The van der Waals surface area contributed by atoms with E-state index in [9.17, 15) is 13.6 Å². The smallest absolute Gasteiger partial charge is 0.228 e. The van der Waals surface area contributed by atoms with Gasteiger partial charge in [-0.1, -0.05) is 19.1 Å². The summed E-state index contributed by atoms with van der Waals surface area (Å²) >= 11 is 0. The number of hydrogen-bond acceptors (Lipinski definition) is 2. The highest BCUT2D eigenvalue weighted by atomic mass is 19.1. The first kappa shape index (κ1) is 16.8. The van der Waals surface area contributed by atoms with Crippen LogP contribution in [0.4, 0.5) is 14.5 Å². The standard InChI is InChI=1S/C19H17F2N3O/c1-2-16-19(18(24-23-16)13-5-9-15(21)10-6-13)22-17(25)11-12-3-7-14(20)8-4-12/h3-10H,2,11H2,1H3,(H,22,25)(H,23,24). The molecular weight excluding hydrogens is 324 g/mol. The number of aryl methyl sites for hydroxylation is 1. The Kier molecular flexibility index (Phi) is 4.88. The van der Waals surface area contributed by atoms with E-state index < -0.39 is 0 Å². The molecule has 0 fully saturated rings. The van der Waals surface area contributed by atoms with E-state index in [0.29, 0.717) is 28.9 Å². The third-order valence-corrected chi connectivity index (χ3v) is 3.85. The minimum Gasteiger partial charge on any atom is -0.322 e. The van der Waals surface area contributed by atoms with Crippen LogP contribution in [0.3, 0.4) is 0 Å². The number of nitrogens with one attached hydrogen (secondary N) is 2. The third kappa shape index (κ3) is 3.91. The molecule has 0 aliphatic rings. The van der Waals surface area contributed by atoms with Gasteiger partial charge >= 0.3 is 0 Å². The van der Waals surface area contributed by atoms with Crippen LogP contribution in [0.5, 0.6) is 0 Å². The molecule has 0 aliphatic carbocycles. The molecule has 3 aromatic rings. The zero-order chi connectivity index (χ0) is 17.8. The third-order valence-electron chi connectivity index (χ3n) is 3.85. The van der Waals surface area contributed by atoms with E-state index in [2.05, 4.69) is 15.5 Å². The fourth-order valence-corrected chi connectivity index (χ4v) is 2.56. The Bertz CT molecular complexity index is 871. The normalized spacial score (nSPS) is 10.7. The van der Waals surface area contributed by atoms with Gasteiger partial charge in [-0.2, -0.15) is 5.10 Å². The molecule has 0 spiro atoms. The van der Waals surface area contributed by atoms with Crippen molar-refractivity contribution in [3.05, 3.63) is 71.4 Å². The molecule has 0 saturated heterocycles.